The third-order valence-electron chi connectivity index (χ3n) is 4.74. The summed E-state index contributed by atoms with van der Waals surface area (Å²) in [6.45, 7) is 1.64. The lowest BCUT2D eigenvalue weighted by atomic mass is 10.0. The second-order valence-electron chi connectivity index (χ2n) is 7.04. The second kappa shape index (κ2) is 11.1. The van der Waals surface area contributed by atoms with Crippen LogP contribution in [0.4, 0.5) is 5.82 Å². The summed E-state index contributed by atoms with van der Waals surface area (Å²) in [7, 11) is 2.01. The van der Waals surface area contributed by atoms with E-state index in [1.165, 1.54) is 0 Å². The Bertz CT molecular complexity index is 933. The van der Waals surface area contributed by atoms with Crippen LogP contribution in [0, 0.1) is 0 Å². The molecule has 1 N–H and O–H groups in total. The summed E-state index contributed by atoms with van der Waals surface area (Å²) < 4.78 is 5.35. The molecule has 0 atom stereocenters. The molecule has 0 aliphatic rings. The highest BCUT2D eigenvalue weighted by molar-refractivity contribution is 5.78. The van der Waals surface area contributed by atoms with E-state index in [1.54, 1.807) is 0 Å². The highest BCUT2D eigenvalue weighted by Gasteiger charge is 2.13. The average Bonchev–Trinajstić information content (AvgIpc) is 2.79. The number of aliphatic carboxylic acids is 1. The first kappa shape index (κ1) is 21.5. The van der Waals surface area contributed by atoms with E-state index < -0.39 is 5.97 Å². The third kappa shape index (κ3) is 6.12. The van der Waals surface area contributed by atoms with Gasteiger partial charge < -0.3 is 14.7 Å². The number of nitrogens with zero attached hydrogens (tertiary/aromatic N) is 3. The molecule has 0 bridgehead atoms. The van der Waals surface area contributed by atoms with Gasteiger partial charge in [0.2, 0.25) is 0 Å². The van der Waals surface area contributed by atoms with Gasteiger partial charge in [0, 0.05) is 31.3 Å². The van der Waals surface area contributed by atoms with Crippen LogP contribution in [0.25, 0.3) is 22.5 Å². The Labute approximate surface area is 177 Å². The molecule has 0 aliphatic heterocycles. The molecule has 0 fully saturated rings. The number of carboxylic acid groups (broad SMARTS) is 1. The molecule has 30 heavy (non-hydrogen) atoms. The van der Waals surface area contributed by atoms with Gasteiger partial charge in [0.1, 0.15) is 5.82 Å². The Morgan fingerprint density at radius 2 is 1.57 bits per heavy atom. The van der Waals surface area contributed by atoms with Crippen LogP contribution in [0.2, 0.25) is 0 Å². The van der Waals surface area contributed by atoms with E-state index in [1.807, 2.05) is 61.8 Å². The van der Waals surface area contributed by atoms with E-state index in [0.29, 0.717) is 6.61 Å². The summed E-state index contributed by atoms with van der Waals surface area (Å²) in [5.74, 6) is -0.0122. The van der Waals surface area contributed by atoms with Crippen molar-refractivity contribution in [1.29, 1.82) is 0 Å². The Morgan fingerprint density at radius 3 is 2.20 bits per heavy atom. The van der Waals surface area contributed by atoms with E-state index in [4.69, 9.17) is 19.8 Å². The van der Waals surface area contributed by atoms with Crippen LogP contribution in [0.3, 0.4) is 0 Å². The van der Waals surface area contributed by atoms with Crippen molar-refractivity contribution in [2.75, 3.05) is 31.7 Å². The maximum atomic E-state index is 10.5. The van der Waals surface area contributed by atoms with Gasteiger partial charge in [-0.2, -0.15) is 0 Å². The molecule has 6 heteroatoms. The topological polar surface area (TPSA) is 75.5 Å². The molecular formula is C24H27N3O3. The van der Waals surface area contributed by atoms with Crippen LogP contribution in [0.15, 0.2) is 66.9 Å². The standard InChI is InChI=1S/C24H27N3O3/c1-27(15-8-9-16-30-17-14-22(28)29)21-18-25-23(19-10-4-2-5-11-19)24(26-21)20-12-6-3-7-13-20/h2-7,10-13,18H,8-9,14-17H2,1H3,(H,28,29). The number of benzene rings is 2. The molecule has 0 unspecified atom stereocenters. The van der Waals surface area contributed by atoms with Crippen molar-refractivity contribution in [3.63, 3.8) is 0 Å². The van der Waals surface area contributed by atoms with Gasteiger partial charge in [-0.1, -0.05) is 60.7 Å². The number of carboxylic acids is 1. The van der Waals surface area contributed by atoms with Gasteiger partial charge >= 0.3 is 5.97 Å². The zero-order valence-corrected chi connectivity index (χ0v) is 17.2. The molecule has 0 radical (unpaired) electrons. The van der Waals surface area contributed by atoms with Crippen molar-refractivity contribution in [3.8, 4) is 22.5 Å². The number of anilines is 1. The Morgan fingerprint density at radius 1 is 0.933 bits per heavy atom. The first-order valence-corrected chi connectivity index (χ1v) is 10.1. The molecule has 2 aromatic carbocycles. The first-order valence-electron chi connectivity index (χ1n) is 10.1. The molecule has 1 heterocycles. The fourth-order valence-electron chi connectivity index (χ4n) is 3.10. The normalized spacial score (nSPS) is 10.7. The molecule has 156 valence electrons. The summed E-state index contributed by atoms with van der Waals surface area (Å²) in [6.07, 6.45) is 3.65. The monoisotopic (exact) mass is 405 g/mol. The minimum Gasteiger partial charge on any atom is -0.481 e. The van der Waals surface area contributed by atoms with Gasteiger partial charge in [0.05, 0.1) is 30.6 Å². The van der Waals surface area contributed by atoms with Crippen molar-refractivity contribution < 1.29 is 14.6 Å². The van der Waals surface area contributed by atoms with Gasteiger partial charge in [-0.25, -0.2) is 4.98 Å². The van der Waals surface area contributed by atoms with E-state index >= 15 is 0 Å². The summed E-state index contributed by atoms with van der Waals surface area (Å²) in [5, 5.41) is 8.61. The van der Waals surface area contributed by atoms with Gasteiger partial charge in [-0.05, 0) is 12.8 Å². The van der Waals surface area contributed by atoms with E-state index in [0.717, 1.165) is 47.7 Å². The summed E-state index contributed by atoms with van der Waals surface area (Å²) in [4.78, 5) is 22.2. The van der Waals surface area contributed by atoms with Gasteiger partial charge in [-0.15, -0.1) is 0 Å². The lowest BCUT2D eigenvalue weighted by molar-refractivity contribution is -0.138. The first-order chi connectivity index (χ1) is 14.6. The predicted octanol–water partition coefficient (Wildman–Crippen LogP) is 4.52. The van der Waals surface area contributed by atoms with Crippen molar-refractivity contribution in [2.24, 2.45) is 0 Å². The summed E-state index contributed by atoms with van der Waals surface area (Å²) >= 11 is 0. The zero-order chi connectivity index (χ0) is 21.2. The van der Waals surface area contributed by atoms with Crippen LogP contribution in [-0.4, -0.2) is 47.8 Å². The van der Waals surface area contributed by atoms with E-state index in [2.05, 4.69) is 17.0 Å². The highest BCUT2D eigenvalue weighted by atomic mass is 16.5. The largest absolute Gasteiger partial charge is 0.481 e. The van der Waals surface area contributed by atoms with E-state index in [9.17, 15) is 4.79 Å². The Balaban J connectivity index is 1.68. The number of hydrogen-bond donors (Lipinski definition) is 1. The highest BCUT2D eigenvalue weighted by Crippen LogP contribution is 2.30. The van der Waals surface area contributed by atoms with Crippen molar-refractivity contribution >= 4 is 11.8 Å². The minimum absolute atomic E-state index is 0.0471. The number of ether oxygens (including phenoxy) is 1. The molecule has 3 rings (SSSR count). The van der Waals surface area contributed by atoms with Gasteiger partial charge in [0.25, 0.3) is 0 Å². The zero-order valence-electron chi connectivity index (χ0n) is 17.2. The molecule has 1 aromatic heterocycles. The van der Waals surface area contributed by atoms with Crippen LogP contribution in [0.5, 0.6) is 0 Å². The molecule has 0 aliphatic carbocycles. The number of unbranched alkanes of at least 4 members (excludes halogenated alkanes) is 1. The van der Waals surface area contributed by atoms with Crippen molar-refractivity contribution in [3.05, 3.63) is 66.9 Å². The molecule has 0 amide bonds. The lowest BCUT2D eigenvalue weighted by Crippen LogP contribution is -2.20. The maximum Gasteiger partial charge on any atom is 0.305 e. The van der Waals surface area contributed by atoms with Gasteiger partial charge in [0.15, 0.2) is 0 Å². The smallest absolute Gasteiger partial charge is 0.305 e. The Kier molecular flexibility index (Phi) is 7.92. The quantitative estimate of drug-likeness (QED) is 0.473. The fraction of sp³-hybridized carbons (Fsp3) is 0.292. The van der Waals surface area contributed by atoms with E-state index in [-0.39, 0.29) is 13.0 Å². The number of carbonyl (C=O) groups is 1. The van der Waals surface area contributed by atoms with Crippen molar-refractivity contribution in [1.82, 2.24) is 9.97 Å². The second-order valence-corrected chi connectivity index (χ2v) is 7.04. The lowest BCUT2D eigenvalue weighted by Gasteiger charge is -2.20. The van der Waals surface area contributed by atoms with Crippen molar-refractivity contribution in [2.45, 2.75) is 19.3 Å². The van der Waals surface area contributed by atoms with Crippen LogP contribution in [0.1, 0.15) is 19.3 Å². The Hall–Kier alpha value is -3.25. The fourth-order valence-corrected chi connectivity index (χ4v) is 3.10. The SMILES string of the molecule is CN(CCCCOCCC(=O)O)c1cnc(-c2ccccc2)c(-c2ccccc2)n1. The van der Waals surface area contributed by atoms with Crippen LogP contribution >= 0.6 is 0 Å². The molecule has 6 nitrogen and oxygen atoms in total. The maximum absolute atomic E-state index is 10.5. The molecule has 0 saturated carbocycles. The predicted molar refractivity (Wildman–Crippen MR) is 118 cm³/mol. The molecule has 0 spiro atoms. The average molecular weight is 405 g/mol. The molecule has 3 aromatic rings. The van der Waals surface area contributed by atoms with Crippen LogP contribution in [-0.2, 0) is 9.53 Å². The number of aromatic nitrogens is 2. The molecular weight excluding hydrogens is 378 g/mol. The molecule has 0 saturated heterocycles. The van der Waals surface area contributed by atoms with Gasteiger partial charge in [-0.3, -0.25) is 9.78 Å². The minimum atomic E-state index is -0.832. The number of hydrogen-bond acceptors (Lipinski definition) is 5. The number of rotatable bonds is 11. The van der Waals surface area contributed by atoms with Crippen LogP contribution < -0.4 is 4.90 Å². The summed E-state index contributed by atoms with van der Waals surface area (Å²) in [6, 6.07) is 20.2. The third-order valence-corrected chi connectivity index (χ3v) is 4.74. The summed E-state index contributed by atoms with van der Waals surface area (Å²) in [5.41, 5.74) is 3.80.